The van der Waals surface area contributed by atoms with Gasteiger partial charge < -0.3 is 9.88 Å². The normalized spacial score (nSPS) is 17.6. The van der Waals surface area contributed by atoms with Crippen molar-refractivity contribution in [1.82, 2.24) is 14.9 Å². The van der Waals surface area contributed by atoms with Crippen LogP contribution >= 0.6 is 0 Å². The van der Waals surface area contributed by atoms with Crippen LogP contribution in [0.1, 0.15) is 19.2 Å². The van der Waals surface area contributed by atoms with Crippen LogP contribution in [0.3, 0.4) is 0 Å². The number of nitrogens with zero attached hydrogens (tertiary/aromatic N) is 3. The Hall–Kier alpha value is -3.04. The van der Waals surface area contributed by atoms with Crippen LogP contribution < -0.4 is 10.5 Å². The van der Waals surface area contributed by atoms with E-state index < -0.39 is 9.84 Å². The zero-order valence-corrected chi connectivity index (χ0v) is 18.7. The minimum absolute atomic E-state index is 0.0285. The van der Waals surface area contributed by atoms with Crippen molar-refractivity contribution >= 4 is 32.3 Å². The van der Waals surface area contributed by atoms with Crippen molar-refractivity contribution < 1.29 is 13.2 Å². The van der Waals surface area contributed by atoms with E-state index in [9.17, 15) is 18.0 Å². The number of para-hydroxylation sites is 2. The number of aromatic nitrogens is 2. The van der Waals surface area contributed by atoms with E-state index in [0.29, 0.717) is 41.9 Å². The monoisotopic (exact) mass is 454 g/mol. The number of nitrogens with one attached hydrogen (secondary N) is 1. The molecule has 0 bridgehead atoms. The number of sulfone groups is 1. The minimum atomic E-state index is -3.15. The first-order chi connectivity index (χ1) is 15.4. The third kappa shape index (κ3) is 4.89. The Morgan fingerprint density at radius 2 is 1.84 bits per heavy atom. The molecule has 3 aromatic rings. The number of H-pyrrole nitrogens is 1. The van der Waals surface area contributed by atoms with E-state index in [1.54, 1.807) is 23.1 Å². The molecule has 4 rings (SSSR count). The minimum Gasteiger partial charge on any atom is -0.309 e. The van der Waals surface area contributed by atoms with Crippen LogP contribution in [0, 0.1) is 0 Å². The zero-order valence-electron chi connectivity index (χ0n) is 17.9. The van der Waals surface area contributed by atoms with Crippen molar-refractivity contribution in [2.45, 2.75) is 25.9 Å². The summed E-state index contributed by atoms with van der Waals surface area (Å²) in [5.41, 5.74) is 1.08. The SMILES string of the molecule is CCN(CC(=O)N(c1ccccc1)[C@@H]1CCS(=O)(=O)C1)Cc1nc2ccccc2c(=O)[nH]1. The van der Waals surface area contributed by atoms with Gasteiger partial charge in [-0.3, -0.25) is 14.5 Å². The number of likely N-dealkylation sites (N-methyl/N-ethyl adjacent to an activating group) is 1. The zero-order chi connectivity index (χ0) is 22.7. The molecule has 0 radical (unpaired) electrons. The molecule has 2 aromatic carbocycles. The third-order valence-electron chi connectivity index (χ3n) is 5.72. The highest BCUT2D eigenvalue weighted by Gasteiger charge is 2.35. The number of hydrogen-bond acceptors (Lipinski definition) is 6. The summed E-state index contributed by atoms with van der Waals surface area (Å²) in [7, 11) is -3.15. The molecule has 2 heterocycles. The van der Waals surface area contributed by atoms with Crippen molar-refractivity contribution in [3.05, 3.63) is 70.8 Å². The van der Waals surface area contributed by atoms with Crippen LogP contribution in [0.5, 0.6) is 0 Å². The summed E-state index contributed by atoms with van der Waals surface area (Å²) in [6, 6.07) is 15.9. The van der Waals surface area contributed by atoms with Crippen LogP contribution in [0.4, 0.5) is 5.69 Å². The van der Waals surface area contributed by atoms with Gasteiger partial charge in [-0.25, -0.2) is 13.4 Å². The van der Waals surface area contributed by atoms with Crippen LogP contribution in [0.2, 0.25) is 0 Å². The lowest BCUT2D eigenvalue weighted by atomic mass is 10.1. The Morgan fingerprint density at radius 1 is 1.12 bits per heavy atom. The number of aromatic amines is 1. The van der Waals surface area contributed by atoms with E-state index in [0.717, 1.165) is 0 Å². The largest absolute Gasteiger partial charge is 0.309 e. The second-order valence-electron chi connectivity index (χ2n) is 7.99. The van der Waals surface area contributed by atoms with Crippen molar-refractivity contribution in [3.63, 3.8) is 0 Å². The summed E-state index contributed by atoms with van der Waals surface area (Å²) < 4.78 is 24.1. The molecule has 1 fully saturated rings. The van der Waals surface area contributed by atoms with E-state index in [-0.39, 0.29) is 35.6 Å². The van der Waals surface area contributed by atoms with Gasteiger partial charge in [-0.2, -0.15) is 0 Å². The Balaban J connectivity index is 1.56. The molecule has 1 saturated heterocycles. The summed E-state index contributed by atoms with van der Waals surface area (Å²) in [6.45, 7) is 2.87. The average Bonchev–Trinajstić information content (AvgIpc) is 3.13. The van der Waals surface area contributed by atoms with Gasteiger partial charge in [0.1, 0.15) is 5.82 Å². The van der Waals surface area contributed by atoms with Crippen molar-refractivity contribution in [2.75, 3.05) is 29.5 Å². The Labute approximate surface area is 186 Å². The molecule has 9 heteroatoms. The molecule has 1 atom stereocenters. The van der Waals surface area contributed by atoms with E-state index >= 15 is 0 Å². The molecule has 1 aliphatic heterocycles. The summed E-state index contributed by atoms with van der Waals surface area (Å²) in [6.07, 6.45) is 0.425. The molecule has 0 aliphatic carbocycles. The molecule has 168 valence electrons. The molecule has 8 nitrogen and oxygen atoms in total. The van der Waals surface area contributed by atoms with Crippen molar-refractivity contribution in [2.24, 2.45) is 0 Å². The highest BCUT2D eigenvalue weighted by Crippen LogP contribution is 2.25. The van der Waals surface area contributed by atoms with Crippen LogP contribution in [0.15, 0.2) is 59.4 Å². The van der Waals surface area contributed by atoms with Gasteiger partial charge in [0.25, 0.3) is 5.56 Å². The maximum Gasteiger partial charge on any atom is 0.258 e. The molecule has 0 saturated carbocycles. The van der Waals surface area contributed by atoms with Crippen molar-refractivity contribution in [3.8, 4) is 0 Å². The number of carbonyl (C=O) groups excluding carboxylic acids is 1. The van der Waals surface area contributed by atoms with Gasteiger partial charge in [-0.05, 0) is 37.2 Å². The second-order valence-corrected chi connectivity index (χ2v) is 10.2. The molecule has 1 amide bonds. The molecule has 1 aromatic heterocycles. The number of fused-ring (bicyclic) bond motifs is 1. The van der Waals surface area contributed by atoms with E-state index in [4.69, 9.17) is 0 Å². The quantitative estimate of drug-likeness (QED) is 0.585. The standard InChI is InChI=1S/C23H26N4O4S/c1-2-26(14-21-24-20-11-7-6-10-19(20)23(29)25-21)15-22(28)27(17-8-4-3-5-9-17)18-12-13-32(30,31)16-18/h3-11,18H,2,12-16H2,1H3,(H,24,25,29)/t18-/m1/s1. The smallest absolute Gasteiger partial charge is 0.258 e. The van der Waals surface area contributed by atoms with Crippen LogP contribution in [-0.4, -0.2) is 59.8 Å². The Morgan fingerprint density at radius 3 is 2.53 bits per heavy atom. The van der Waals surface area contributed by atoms with Gasteiger partial charge in [0.15, 0.2) is 9.84 Å². The highest BCUT2D eigenvalue weighted by atomic mass is 32.2. The molecular weight excluding hydrogens is 428 g/mol. The molecule has 0 spiro atoms. The maximum absolute atomic E-state index is 13.4. The van der Waals surface area contributed by atoms with E-state index in [1.807, 2.05) is 48.2 Å². The molecular formula is C23H26N4O4S. The van der Waals surface area contributed by atoms with E-state index in [2.05, 4.69) is 9.97 Å². The molecule has 1 aliphatic rings. The molecule has 0 unspecified atom stereocenters. The third-order valence-corrected chi connectivity index (χ3v) is 7.47. The predicted molar refractivity (Wildman–Crippen MR) is 124 cm³/mol. The number of amides is 1. The van der Waals surface area contributed by atoms with E-state index in [1.165, 1.54) is 0 Å². The Bertz CT molecular complexity index is 1270. The number of hydrogen-bond donors (Lipinski definition) is 1. The first kappa shape index (κ1) is 22.2. The van der Waals surface area contributed by atoms with Crippen molar-refractivity contribution in [1.29, 1.82) is 0 Å². The molecule has 1 N–H and O–H groups in total. The lowest BCUT2D eigenvalue weighted by Crippen LogP contribution is -2.46. The fraction of sp³-hybridized carbons (Fsp3) is 0.348. The topological polar surface area (TPSA) is 103 Å². The fourth-order valence-electron chi connectivity index (χ4n) is 4.09. The van der Waals surface area contributed by atoms with Gasteiger partial charge in [0.2, 0.25) is 5.91 Å². The maximum atomic E-state index is 13.4. The van der Waals surface area contributed by atoms with Gasteiger partial charge >= 0.3 is 0 Å². The average molecular weight is 455 g/mol. The lowest BCUT2D eigenvalue weighted by molar-refractivity contribution is -0.120. The number of anilines is 1. The molecule has 32 heavy (non-hydrogen) atoms. The number of benzene rings is 2. The number of rotatable bonds is 7. The highest BCUT2D eigenvalue weighted by molar-refractivity contribution is 7.91. The van der Waals surface area contributed by atoms with Crippen LogP contribution in [0.25, 0.3) is 10.9 Å². The van der Waals surface area contributed by atoms with Crippen LogP contribution in [-0.2, 0) is 21.2 Å². The predicted octanol–water partition coefficient (Wildman–Crippen LogP) is 1.97. The Kier molecular flexibility index (Phi) is 6.38. The van der Waals surface area contributed by atoms with Gasteiger partial charge in [-0.1, -0.05) is 37.3 Å². The number of carbonyl (C=O) groups is 1. The van der Waals surface area contributed by atoms with Gasteiger partial charge in [0, 0.05) is 5.69 Å². The fourth-order valence-corrected chi connectivity index (χ4v) is 5.79. The van der Waals surface area contributed by atoms with Gasteiger partial charge in [-0.15, -0.1) is 0 Å². The first-order valence-electron chi connectivity index (χ1n) is 10.6. The summed E-state index contributed by atoms with van der Waals surface area (Å²) in [5, 5.41) is 0.521. The lowest BCUT2D eigenvalue weighted by Gasteiger charge is -2.31. The first-order valence-corrected chi connectivity index (χ1v) is 12.5. The summed E-state index contributed by atoms with van der Waals surface area (Å²) >= 11 is 0. The van der Waals surface area contributed by atoms with Gasteiger partial charge in [0.05, 0.1) is 41.5 Å². The second kappa shape index (κ2) is 9.22. The summed E-state index contributed by atoms with van der Waals surface area (Å²) in [5.74, 6) is 0.370. The summed E-state index contributed by atoms with van der Waals surface area (Å²) in [4.78, 5) is 36.6.